The molecule has 6 heteroatoms. The molecule has 1 N–H and O–H groups in total. The van der Waals surface area contributed by atoms with Crippen molar-refractivity contribution < 1.29 is 9.59 Å². The summed E-state index contributed by atoms with van der Waals surface area (Å²) in [5, 5.41) is 3.20. The van der Waals surface area contributed by atoms with Gasteiger partial charge in [-0.25, -0.2) is 0 Å². The monoisotopic (exact) mass is 448 g/mol. The zero-order valence-corrected chi connectivity index (χ0v) is 19.9. The van der Waals surface area contributed by atoms with Crippen LogP contribution >= 0.6 is 0 Å². The second-order valence-electron chi connectivity index (χ2n) is 9.60. The summed E-state index contributed by atoms with van der Waals surface area (Å²) >= 11 is 0. The molecular formula is C27H36N4O2. The molecule has 2 heterocycles. The smallest absolute Gasteiger partial charge is 0.253 e. The van der Waals surface area contributed by atoms with E-state index in [1.807, 2.05) is 41.3 Å². The second-order valence-corrected chi connectivity index (χ2v) is 9.60. The fourth-order valence-electron chi connectivity index (χ4n) is 5.42. The Hall–Kier alpha value is -2.70. The number of rotatable bonds is 8. The predicted octanol–water partition coefficient (Wildman–Crippen LogP) is 2.72. The zero-order chi connectivity index (χ0) is 23.3. The second kappa shape index (κ2) is 10.5. The number of carbonyl (C=O) groups is 2. The molecular weight excluding hydrogens is 412 g/mol. The van der Waals surface area contributed by atoms with Crippen molar-refractivity contribution in [1.29, 1.82) is 0 Å². The van der Waals surface area contributed by atoms with Crippen LogP contribution in [0.2, 0.25) is 0 Å². The number of likely N-dealkylation sites (tertiary alicyclic amines) is 2. The van der Waals surface area contributed by atoms with Gasteiger partial charge in [0.15, 0.2) is 0 Å². The lowest BCUT2D eigenvalue weighted by molar-refractivity contribution is -0.127. The lowest BCUT2D eigenvalue weighted by Crippen LogP contribution is -2.44. The maximum atomic E-state index is 13.4. The number of hydrogen-bond acceptors (Lipinski definition) is 4. The average Bonchev–Trinajstić information content (AvgIpc) is 3.41. The third kappa shape index (κ3) is 5.45. The molecule has 0 saturated carbocycles. The summed E-state index contributed by atoms with van der Waals surface area (Å²) in [6, 6.07) is 19.8. The highest BCUT2D eigenvalue weighted by molar-refractivity contribution is 5.95. The molecule has 2 atom stereocenters. The predicted molar refractivity (Wildman–Crippen MR) is 131 cm³/mol. The summed E-state index contributed by atoms with van der Waals surface area (Å²) in [5.41, 5.74) is 1.82. The Morgan fingerprint density at radius 1 is 1.06 bits per heavy atom. The number of carbonyl (C=O) groups excluding carboxylic acids is 2. The summed E-state index contributed by atoms with van der Waals surface area (Å²) in [6.45, 7) is 8.37. The van der Waals surface area contributed by atoms with Crippen LogP contribution in [0.5, 0.6) is 0 Å². The summed E-state index contributed by atoms with van der Waals surface area (Å²) in [7, 11) is 2.11. The van der Waals surface area contributed by atoms with Gasteiger partial charge in [-0.05, 0) is 44.3 Å². The summed E-state index contributed by atoms with van der Waals surface area (Å²) in [5.74, 6) is -0.0522. The normalized spacial score (nSPS) is 22.9. The van der Waals surface area contributed by atoms with Crippen LogP contribution < -0.4 is 5.32 Å². The Morgan fingerprint density at radius 3 is 2.39 bits per heavy atom. The first-order valence-electron chi connectivity index (χ1n) is 12.1. The van der Waals surface area contributed by atoms with Gasteiger partial charge in [-0.1, -0.05) is 55.5 Å². The molecule has 2 aromatic carbocycles. The Labute approximate surface area is 197 Å². The number of nitrogens with one attached hydrogen (secondary N) is 1. The number of benzene rings is 2. The maximum Gasteiger partial charge on any atom is 0.253 e. The molecule has 2 saturated heterocycles. The highest BCUT2D eigenvalue weighted by atomic mass is 16.2. The molecule has 0 unspecified atom stereocenters. The van der Waals surface area contributed by atoms with Crippen LogP contribution in [0.3, 0.4) is 0 Å². The molecule has 33 heavy (non-hydrogen) atoms. The minimum atomic E-state index is -0.167. The van der Waals surface area contributed by atoms with E-state index in [0.717, 1.165) is 39.1 Å². The van der Waals surface area contributed by atoms with Gasteiger partial charge in [0.2, 0.25) is 5.91 Å². The number of nitrogens with zero attached hydrogens (tertiary/aromatic N) is 3. The lowest BCUT2D eigenvalue weighted by Gasteiger charge is -2.29. The van der Waals surface area contributed by atoms with Crippen LogP contribution in [-0.2, 0) is 11.3 Å². The standard InChI is InChI=1S/C27H36N4O2/c1-3-30(18-22-10-6-4-7-11-22)17-15-28-25(32)24-19-31(21-27(24)14-16-29(2)20-27)26(33)23-12-8-5-9-13-23/h4-13,24H,3,14-21H2,1-2H3,(H,28,32)/t24-,27+/m0/s1. The molecule has 0 bridgehead atoms. The van der Waals surface area contributed by atoms with Crippen LogP contribution in [-0.4, -0.2) is 79.4 Å². The van der Waals surface area contributed by atoms with E-state index in [4.69, 9.17) is 0 Å². The first-order valence-corrected chi connectivity index (χ1v) is 12.1. The highest BCUT2D eigenvalue weighted by Crippen LogP contribution is 2.44. The van der Waals surface area contributed by atoms with E-state index in [-0.39, 0.29) is 23.1 Å². The Kier molecular flexibility index (Phi) is 7.46. The van der Waals surface area contributed by atoms with Gasteiger partial charge >= 0.3 is 0 Å². The Bertz CT molecular complexity index is 936. The van der Waals surface area contributed by atoms with Gasteiger partial charge in [-0.2, -0.15) is 0 Å². The molecule has 2 aliphatic heterocycles. The van der Waals surface area contributed by atoms with Crippen molar-refractivity contribution in [2.24, 2.45) is 11.3 Å². The Morgan fingerprint density at radius 2 is 1.76 bits per heavy atom. The SMILES string of the molecule is CCN(CCNC(=O)[C@@H]1CN(C(=O)c2ccccc2)C[C@]12CCN(C)C2)Cc1ccccc1. The number of amides is 2. The first-order chi connectivity index (χ1) is 16.0. The molecule has 176 valence electrons. The van der Waals surface area contributed by atoms with Gasteiger partial charge in [0.1, 0.15) is 0 Å². The van der Waals surface area contributed by atoms with Crippen LogP contribution in [0.25, 0.3) is 0 Å². The van der Waals surface area contributed by atoms with Crippen LogP contribution in [0, 0.1) is 11.3 Å². The van der Waals surface area contributed by atoms with Gasteiger partial charge in [0, 0.05) is 50.2 Å². The van der Waals surface area contributed by atoms with E-state index in [1.54, 1.807) is 0 Å². The molecule has 2 aliphatic rings. The topological polar surface area (TPSA) is 55.9 Å². The van der Waals surface area contributed by atoms with E-state index < -0.39 is 0 Å². The average molecular weight is 449 g/mol. The molecule has 4 rings (SSSR count). The minimum Gasteiger partial charge on any atom is -0.354 e. The number of likely N-dealkylation sites (N-methyl/N-ethyl adjacent to an activating group) is 1. The van der Waals surface area contributed by atoms with Crippen molar-refractivity contribution in [2.45, 2.75) is 19.9 Å². The number of hydrogen-bond donors (Lipinski definition) is 1. The lowest BCUT2D eigenvalue weighted by atomic mass is 9.77. The minimum absolute atomic E-state index is 0.0276. The first kappa shape index (κ1) is 23.5. The van der Waals surface area contributed by atoms with E-state index in [9.17, 15) is 9.59 Å². The largest absolute Gasteiger partial charge is 0.354 e. The molecule has 2 aromatic rings. The van der Waals surface area contributed by atoms with Crippen molar-refractivity contribution in [3.8, 4) is 0 Å². The van der Waals surface area contributed by atoms with Gasteiger partial charge in [0.05, 0.1) is 5.92 Å². The molecule has 0 aromatic heterocycles. The quantitative estimate of drug-likeness (QED) is 0.675. The summed E-state index contributed by atoms with van der Waals surface area (Å²) < 4.78 is 0. The summed E-state index contributed by atoms with van der Waals surface area (Å²) in [6.07, 6.45) is 0.954. The van der Waals surface area contributed by atoms with Crippen molar-refractivity contribution >= 4 is 11.8 Å². The summed E-state index contributed by atoms with van der Waals surface area (Å²) in [4.78, 5) is 33.0. The Balaban J connectivity index is 1.38. The van der Waals surface area contributed by atoms with E-state index in [2.05, 4.69) is 53.4 Å². The van der Waals surface area contributed by atoms with Crippen molar-refractivity contribution in [1.82, 2.24) is 20.0 Å². The maximum absolute atomic E-state index is 13.4. The van der Waals surface area contributed by atoms with E-state index in [1.165, 1.54) is 5.56 Å². The van der Waals surface area contributed by atoms with Gasteiger partial charge < -0.3 is 15.1 Å². The molecule has 2 amide bonds. The van der Waals surface area contributed by atoms with Crippen LogP contribution in [0.15, 0.2) is 60.7 Å². The third-order valence-electron chi connectivity index (χ3n) is 7.27. The fraction of sp³-hybridized carbons (Fsp3) is 0.481. The third-order valence-corrected chi connectivity index (χ3v) is 7.27. The van der Waals surface area contributed by atoms with Gasteiger partial charge in [-0.15, -0.1) is 0 Å². The fourth-order valence-corrected chi connectivity index (χ4v) is 5.42. The highest BCUT2D eigenvalue weighted by Gasteiger charge is 2.53. The molecule has 0 radical (unpaired) electrons. The van der Waals surface area contributed by atoms with Crippen LogP contribution in [0.4, 0.5) is 0 Å². The zero-order valence-electron chi connectivity index (χ0n) is 19.9. The molecule has 0 aliphatic carbocycles. The molecule has 6 nitrogen and oxygen atoms in total. The van der Waals surface area contributed by atoms with Gasteiger partial charge in [0.25, 0.3) is 5.91 Å². The molecule has 1 spiro atoms. The van der Waals surface area contributed by atoms with Crippen molar-refractivity contribution in [3.63, 3.8) is 0 Å². The van der Waals surface area contributed by atoms with Gasteiger partial charge in [-0.3, -0.25) is 14.5 Å². The molecule has 2 fully saturated rings. The van der Waals surface area contributed by atoms with Crippen LogP contribution in [0.1, 0.15) is 29.3 Å². The van der Waals surface area contributed by atoms with E-state index in [0.29, 0.717) is 25.2 Å². The van der Waals surface area contributed by atoms with Crippen molar-refractivity contribution in [2.75, 3.05) is 52.9 Å². The van der Waals surface area contributed by atoms with Crippen molar-refractivity contribution in [3.05, 3.63) is 71.8 Å². The van der Waals surface area contributed by atoms with E-state index >= 15 is 0 Å².